The van der Waals surface area contributed by atoms with Crippen molar-refractivity contribution in [1.29, 1.82) is 0 Å². The van der Waals surface area contributed by atoms with Crippen molar-refractivity contribution in [2.24, 2.45) is 0 Å². The van der Waals surface area contributed by atoms with Gasteiger partial charge >= 0.3 is 6.09 Å². The van der Waals surface area contributed by atoms with E-state index in [0.29, 0.717) is 35.8 Å². The van der Waals surface area contributed by atoms with Crippen LogP contribution in [0.15, 0.2) is 18.2 Å². The number of nitrogens with zero attached hydrogens (tertiary/aromatic N) is 1. The van der Waals surface area contributed by atoms with E-state index < -0.39 is 24.6 Å². The third-order valence-corrected chi connectivity index (χ3v) is 4.73. The van der Waals surface area contributed by atoms with Crippen LogP contribution in [0.2, 0.25) is 0 Å². The van der Waals surface area contributed by atoms with E-state index in [-0.39, 0.29) is 25.0 Å². The molecule has 0 spiro atoms. The number of amides is 1. The van der Waals surface area contributed by atoms with Crippen LogP contribution in [0, 0.1) is 0 Å². The van der Waals surface area contributed by atoms with Crippen LogP contribution in [0.4, 0.5) is 10.5 Å². The number of hydrogen-bond acceptors (Lipinski definition) is 9. The van der Waals surface area contributed by atoms with Crippen molar-refractivity contribution in [2.75, 3.05) is 25.1 Å². The molecule has 160 valence electrons. The Balaban J connectivity index is 1.74. The highest BCUT2D eigenvalue weighted by Gasteiger charge is 2.33. The van der Waals surface area contributed by atoms with E-state index in [1.54, 1.807) is 25.1 Å². The van der Waals surface area contributed by atoms with Gasteiger partial charge in [-0.15, -0.1) is 0 Å². The molecule has 0 bridgehead atoms. The van der Waals surface area contributed by atoms with Crippen LogP contribution in [-0.2, 0) is 9.57 Å². The summed E-state index contributed by atoms with van der Waals surface area (Å²) < 4.78 is 5.93. The molecular formula is C18H26N4O7. The fourth-order valence-corrected chi connectivity index (χ4v) is 3.45. The highest BCUT2D eigenvalue weighted by molar-refractivity contribution is 6.02. The highest BCUT2D eigenvalue weighted by Crippen LogP contribution is 2.44. The number of hydrogen-bond donors (Lipinski definition) is 7. The lowest BCUT2D eigenvalue weighted by molar-refractivity contribution is -0.0305. The number of rotatable bonds is 7. The molecule has 0 saturated carbocycles. The van der Waals surface area contributed by atoms with Crippen molar-refractivity contribution in [3.05, 3.63) is 18.2 Å². The van der Waals surface area contributed by atoms with Crippen LogP contribution in [0.25, 0.3) is 10.8 Å². The predicted octanol–water partition coefficient (Wildman–Crippen LogP) is 0.703. The predicted molar refractivity (Wildman–Crippen MR) is 103 cm³/mol. The molecule has 3 atom stereocenters. The van der Waals surface area contributed by atoms with Crippen molar-refractivity contribution < 1.29 is 34.8 Å². The number of ether oxygens (including phenoxy) is 1. The molecule has 1 aromatic heterocycles. The topological polar surface area (TPSA) is 157 Å². The largest absolute Gasteiger partial charge is 0.494 e. The summed E-state index contributed by atoms with van der Waals surface area (Å²) in [5.41, 5.74) is 2.68. The van der Waals surface area contributed by atoms with Gasteiger partial charge in [0.25, 0.3) is 0 Å². The molecule has 1 aliphatic heterocycles. The van der Waals surface area contributed by atoms with E-state index in [9.17, 15) is 25.2 Å². The van der Waals surface area contributed by atoms with E-state index >= 15 is 0 Å². The second-order valence-electron chi connectivity index (χ2n) is 6.62. The van der Waals surface area contributed by atoms with Crippen molar-refractivity contribution in [3.8, 4) is 11.8 Å². The van der Waals surface area contributed by atoms with Gasteiger partial charge in [-0.3, -0.25) is 14.7 Å². The maximum absolute atomic E-state index is 11.1. The second kappa shape index (κ2) is 9.18. The summed E-state index contributed by atoms with van der Waals surface area (Å²) in [5.74, 6) is -0.378. The first-order chi connectivity index (χ1) is 13.9. The first-order valence-corrected chi connectivity index (χ1v) is 9.39. The zero-order valence-electron chi connectivity index (χ0n) is 16.0. The number of carbonyl (C=O) groups excluding carboxylic acids is 1. The first kappa shape index (κ1) is 21.0. The molecule has 1 aromatic carbocycles. The van der Waals surface area contributed by atoms with Crippen molar-refractivity contribution >= 4 is 22.6 Å². The molecule has 0 radical (unpaired) electrons. The molecule has 3 rings (SSSR count). The Morgan fingerprint density at radius 2 is 2.07 bits per heavy atom. The second-order valence-corrected chi connectivity index (χ2v) is 6.62. The van der Waals surface area contributed by atoms with Gasteiger partial charge in [-0.2, -0.15) is 5.48 Å². The molecule has 3 unspecified atom stereocenters. The summed E-state index contributed by atoms with van der Waals surface area (Å²) in [6.45, 7) is 2.35. The van der Waals surface area contributed by atoms with Gasteiger partial charge in [-0.1, -0.05) is 6.07 Å². The van der Waals surface area contributed by atoms with E-state index in [4.69, 9.17) is 4.84 Å². The molecule has 1 saturated heterocycles. The average molecular weight is 410 g/mol. The first-order valence-electron chi connectivity index (χ1n) is 9.39. The van der Waals surface area contributed by atoms with Gasteiger partial charge in [0.05, 0.1) is 24.6 Å². The summed E-state index contributed by atoms with van der Waals surface area (Å²) in [4.78, 5) is 16.1. The van der Waals surface area contributed by atoms with E-state index in [2.05, 4.69) is 20.9 Å². The zero-order chi connectivity index (χ0) is 21.0. The van der Waals surface area contributed by atoms with Gasteiger partial charge in [0, 0.05) is 17.6 Å². The van der Waals surface area contributed by atoms with Gasteiger partial charge in [0.15, 0.2) is 0 Å². The summed E-state index contributed by atoms with van der Waals surface area (Å²) in [5, 5.41) is 47.7. The van der Waals surface area contributed by atoms with Gasteiger partial charge in [-0.25, -0.2) is 4.79 Å². The maximum Gasteiger partial charge on any atom is 0.431 e. The Bertz CT molecular complexity index is 856. The lowest BCUT2D eigenvalue weighted by Crippen LogP contribution is -2.47. The fourth-order valence-electron chi connectivity index (χ4n) is 3.45. The van der Waals surface area contributed by atoms with E-state index in [1.807, 2.05) is 0 Å². The number of aliphatic hydroxyl groups excluding tert-OH is 2. The van der Waals surface area contributed by atoms with Gasteiger partial charge in [-0.05, 0) is 31.9 Å². The smallest absolute Gasteiger partial charge is 0.431 e. The molecule has 29 heavy (non-hydrogen) atoms. The molecule has 2 heterocycles. The molecule has 11 nitrogen and oxygen atoms in total. The standard InChI is InChI=1S/C18H26N4O7/c1-2-28-18(27)21-29-9-8-19-11-5-3-4-10-14(11)17(26)22(16(10)25)12-6-7-13(23)20-15(12)24/h3-5,12-13,15,19-20,23-26H,2,6-9H2,1H3,(H,21,27). The minimum absolute atomic E-state index is 0.131. The van der Waals surface area contributed by atoms with Gasteiger partial charge < -0.3 is 30.5 Å². The number of nitrogens with one attached hydrogen (secondary N) is 3. The molecule has 1 aliphatic rings. The molecule has 7 N–H and O–H groups in total. The third kappa shape index (κ3) is 4.48. The van der Waals surface area contributed by atoms with Crippen molar-refractivity contribution in [3.63, 3.8) is 0 Å². The molecule has 11 heteroatoms. The number of benzene rings is 1. The van der Waals surface area contributed by atoms with Crippen LogP contribution >= 0.6 is 0 Å². The van der Waals surface area contributed by atoms with Crippen molar-refractivity contribution in [2.45, 2.75) is 38.3 Å². The lowest BCUT2D eigenvalue weighted by atomic mass is 10.0. The Kier molecular flexibility index (Phi) is 6.64. The zero-order valence-corrected chi connectivity index (χ0v) is 16.0. The number of fused-ring (bicyclic) bond motifs is 1. The average Bonchev–Trinajstić information content (AvgIpc) is 2.93. The van der Waals surface area contributed by atoms with E-state index in [1.165, 1.54) is 4.57 Å². The SMILES string of the molecule is CCOC(=O)NOCCNc1cccc2c(O)n(C3CCC(O)NC3O)c(O)c12. The van der Waals surface area contributed by atoms with Crippen LogP contribution in [0.1, 0.15) is 25.8 Å². The Hall–Kier alpha value is -2.73. The highest BCUT2D eigenvalue weighted by atomic mass is 16.7. The van der Waals surface area contributed by atoms with Crippen LogP contribution in [-0.4, -0.2) is 63.3 Å². The lowest BCUT2D eigenvalue weighted by Gasteiger charge is -2.33. The maximum atomic E-state index is 11.1. The van der Waals surface area contributed by atoms with Crippen LogP contribution in [0.5, 0.6) is 11.8 Å². The Labute approximate surface area is 166 Å². The number of anilines is 1. The minimum atomic E-state index is -1.13. The third-order valence-electron chi connectivity index (χ3n) is 4.73. The summed E-state index contributed by atoms with van der Waals surface area (Å²) in [6.07, 6.45) is -1.91. The fraction of sp³-hybridized carbons (Fsp3) is 0.500. The van der Waals surface area contributed by atoms with Gasteiger partial charge in [0.2, 0.25) is 11.8 Å². The van der Waals surface area contributed by atoms with Crippen LogP contribution in [0.3, 0.4) is 0 Å². The Morgan fingerprint density at radius 1 is 1.28 bits per heavy atom. The normalized spacial score (nSPS) is 21.8. The van der Waals surface area contributed by atoms with Gasteiger partial charge in [0.1, 0.15) is 12.5 Å². The molecule has 1 fully saturated rings. The number of carbonyl (C=O) groups is 1. The number of aromatic nitrogens is 1. The molecule has 0 aliphatic carbocycles. The molecular weight excluding hydrogens is 384 g/mol. The number of piperidine rings is 1. The molecule has 2 aromatic rings. The minimum Gasteiger partial charge on any atom is -0.494 e. The van der Waals surface area contributed by atoms with E-state index in [0.717, 1.165) is 0 Å². The summed E-state index contributed by atoms with van der Waals surface area (Å²) in [6, 6.07) is 4.45. The quantitative estimate of drug-likeness (QED) is 0.258. The van der Waals surface area contributed by atoms with Crippen LogP contribution < -0.4 is 16.1 Å². The number of hydroxylamine groups is 1. The monoisotopic (exact) mass is 410 g/mol. The molecule has 1 amide bonds. The number of aliphatic hydroxyl groups is 2. The number of aromatic hydroxyl groups is 2. The summed E-state index contributed by atoms with van der Waals surface area (Å²) in [7, 11) is 0. The van der Waals surface area contributed by atoms with Crippen molar-refractivity contribution in [1.82, 2.24) is 15.4 Å². The Morgan fingerprint density at radius 3 is 2.79 bits per heavy atom. The summed E-state index contributed by atoms with van der Waals surface area (Å²) >= 11 is 0.